The monoisotopic (exact) mass is 172 g/mol. The van der Waals surface area contributed by atoms with E-state index in [4.69, 9.17) is 4.74 Å². The van der Waals surface area contributed by atoms with Crippen LogP contribution in [0.3, 0.4) is 0 Å². The maximum absolute atomic E-state index is 10.7. The maximum atomic E-state index is 10.7. The highest BCUT2D eigenvalue weighted by Crippen LogP contribution is 2.29. The lowest BCUT2D eigenvalue weighted by Gasteiger charge is -2.24. The summed E-state index contributed by atoms with van der Waals surface area (Å²) in [6.45, 7) is 2.68. The predicted molar refractivity (Wildman–Crippen MR) is 44.9 cm³/mol. The van der Waals surface area contributed by atoms with E-state index in [0.29, 0.717) is 13.2 Å². The molecule has 0 unspecified atom stereocenters. The van der Waals surface area contributed by atoms with Crippen molar-refractivity contribution >= 4 is 6.16 Å². The first-order chi connectivity index (χ1) is 5.83. The van der Waals surface area contributed by atoms with Crippen LogP contribution in [0.5, 0.6) is 0 Å². The Hall–Kier alpha value is -0.730. The third-order valence-electron chi connectivity index (χ3n) is 2.23. The molecule has 0 atom stereocenters. The van der Waals surface area contributed by atoms with E-state index in [9.17, 15) is 4.79 Å². The average molecular weight is 172 g/mol. The van der Waals surface area contributed by atoms with Gasteiger partial charge in [0.1, 0.15) is 0 Å². The highest BCUT2D eigenvalue weighted by molar-refractivity contribution is 5.59. The van der Waals surface area contributed by atoms with Gasteiger partial charge in [0.25, 0.3) is 0 Å². The van der Waals surface area contributed by atoms with E-state index in [-0.39, 0.29) is 0 Å². The van der Waals surface area contributed by atoms with E-state index in [1.54, 1.807) is 6.92 Å². The third kappa shape index (κ3) is 3.11. The van der Waals surface area contributed by atoms with Crippen molar-refractivity contribution in [1.29, 1.82) is 0 Å². The molecule has 3 heteroatoms. The SMILES string of the molecule is CCOC(=O)OCCC1CCC1. The van der Waals surface area contributed by atoms with Crippen LogP contribution in [-0.2, 0) is 9.47 Å². The van der Waals surface area contributed by atoms with Crippen molar-refractivity contribution in [1.82, 2.24) is 0 Å². The molecule has 1 rings (SSSR count). The molecule has 12 heavy (non-hydrogen) atoms. The van der Waals surface area contributed by atoms with Gasteiger partial charge in [-0.1, -0.05) is 19.3 Å². The number of hydrogen-bond donors (Lipinski definition) is 0. The summed E-state index contributed by atoms with van der Waals surface area (Å²) >= 11 is 0. The largest absolute Gasteiger partial charge is 0.508 e. The van der Waals surface area contributed by atoms with Gasteiger partial charge in [0.15, 0.2) is 0 Å². The van der Waals surface area contributed by atoms with Gasteiger partial charge in [-0.2, -0.15) is 0 Å². The van der Waals surface area contributed by atoms with Crippen molar-refractivity contribution in [2.45, 2.75) is 32.6 Å². The first kappa shape index (κ1) is 9.36. The van der Waals surface area contributed by atoms with Crippen LogP contribution in [0, 0.1) is 5.92 Å². The Morgan fingerprint density at radius 1 is 1.42 bits per heavy atom. The van der Waals surface area contributed by atoms with Gasteiger partial charge in [-0.05, 0) is 19.3 Å². The van der Waals surface area contributed by atoms with E-state index >= 15 is 0 Å². The molecule has 0 saturated heterocycles. The Balaban J connectivity index is 1.90. The first-order valence-electron chi connectivity index (χ1n) is 4.62. The fourth-order valence-corrected chi connectivity index (χ4v) is 1.25. The molecule has 1 aliphatic rings. The summed E-state index contributed by atoms with van der Waals surface area (Å²) in [5.41, 5.74) is 0. The van der Waals surface area contributed by atoms with Gasteiger partial charge < -0.3 is 9.47 Å². The van der Waals surface area contributed by atoms with Gasteiger partial charge in [-0.3, -0.25) is 0 Å². The van der Waals surface area contributed by atoms with E-state index in [2.05, 4.69) is 4.74 Å². The Morgan fingerprint density at radius 3 is 2.67 bits per heavy atom. The van der Waals surface area contributed by atoms with Crippen LogP contribution in [0.2, 0.25) is 0 Å². The fourth-order valence-electron chi connectivity index (χ4n) is 1.25. The minimum absolute atomic E-state index is 0.391. The van der Waals surface area contributed by atoms with Gasteiger partial charge >= 0.3 is 6.16 Å². The van der Waals surface area contributed by atoms with Crippen LogP contribution in [0.25, 0.3) is 0 Å². The Bertz CT molecular complexity index is 141. The second-order valence-corrected chi connectivity index (χ2v) is 3.12. The summed E-state index contributed by atoms with van der Waals surface area (Å²) in [6.07, 6.45) is 4.40. The number of carbonyl (C=O) groups excluding carboxylic acids is 1. The third-order valence-corrected chi connectivity index (χ3v) is 2.23. The van der Waals surface area contributed by atoms with Crippen molar-refractivity contribution in [3.05, 3.63) is 0 Å². The molecule has 1 fully saturated rings. The van der Waals surface area contributed by atoms with Crippen LogP contribution < -0.4 is 0 Å². The molecule has 0 N–H and O–H groups in total. The number of hydrogen-bond acceptors (Lipinski definition) is 3. The predicted octanol–water partition coefficient (Wildman–Crippen LogP) is 2.35. The number of ether oxygens (including phenoxy) is 2. The Labute approximate surface area is 73.0 Å². The molecule has 0 heterocycles. The summed E-state index contributed by atoms with van der Waals surface area (Å²) in [7, 11) is 0. The summed E-state index contributed by atoms with van der Waals surface area (Å²) < 4.78 is 9.44. The molecule has 0 aliphatic heterocycles. The van der Waals surface area contributed by atoms with E-state index in [1.807, 2.05) is 0 Å². The van der Waals surface area contributed by atoms with Crippen molar-refractivity contribution in [2.24, 2.45) is 5.92 Å². The smallest absolute Gasteiger partial charge is 0.435 e. The molecule has 70 valence electrons. The second kappa shape index (κ2) is 5.01. The highest BCUT2D eigenvalue weighted by atomic mass is 16.7. The zero-order valence-corrected chi connectivity index (χ0v) is 7.54. The van der Waals surface area contributed by atoms with Crippen LogP contribution in [0.1, 0.15) is 32.6 Å². The topological polar surface area (TPSA) is 35.5 Å². The second-order valence-electron chi connectivity index (χ2n) is 3.12. The van der Waals surface area contributed by atoms with Gasteiger partial charge in [0.05, 0.1) is 13.2 Å². The van der Waals surface area contributed by atoms with Gasteiger partial charge in [0, 0.05) is 0 Å². The van der Waals surface area contributed by atoms with Crippen molar-refractivity contribution < 1.29 is 14.3 Å². The van der Waals surface area contributed by atoms with Crippen molar-refractivity contribution in [3.63, 3.8) is 0 Å². The summed E-state index contributed by atoms with van der Waals surface area (Å²) in [6, 6.07) is 0. The lowest BCUT2D eigenvalue weighted by Crippen LogP contribution is -2.15. The summed E-state index contributed by atoms with van der Waals surface area (Å²) in [5, 5.41) is 0. The van der Waals surface area contributed by atoms with Gasteiger partial charge in [0.2, 0.25) is 0 Å². The van der Waals surface area contributed by atoms with E-state index in [1.165, 1.54) is 19.3 Å². The van der Waals surface area contributed by atoms with E-state index < -0.39 is 6.16 Å². The molecule has 0 spiro atoms. The molecule has 0 aromatic heterocycles. The van der Waals surface area contributed by atoms with E-state index in [0.717, 1.165) is 12.3 Å². The summed E-state index contributed by atoms with van der Waals surface area (Å²) in [4.78, 5) is 10.7. The molecule has 3 nitrogen and oxygen atoms in total. The molecule has 1 aliphatic carbocycles. The highest BCUT2D eigenvalue weighted by Gasteiger charge is 2.17. The standard InChI is InChI=1S/C9H16O3/c1-2-11-9(10)12-7-6-8-4-3-5-8/h8H,2-7H2,1H3. The molecule has 1 saturated carbocycles. The molecule has 0 aromatic rings. The van der Waals surface area contributed by atoms with Gasteiger partial charge in [-0.25, -0.2) is 4.79 Å². The van der Waals surface area contributed by atoms with Gasteiger partial charge in [-0.15, -0.1) is 0 Å². The zero-order chi connectivity index (χ0) is 8.81. The molecule has 0 aromatic carbocycles. The lowest BCUT2D eigenvalue weighted by molar-refractivity contribution is 0.0518. The van der Waals surface area contributed by atoms with Crippen LogP contribution in [-0.4, -0.2) is 19.4 Å². The molecule has 0 bridgehead atoms. The quantitative estimate of drug-likeness (QED) is 0.610. The number of carbonyl (C=O) groups is 1. The first-order valence-corrected chi connectivity index (χ1v) is 4.62. The molecule has 0 amide bonds. The molecular formula is C9H16O3. The Kier molecular flexibility index (Phi) is 3.91. The van der Waals surface area contributed by atoms with Crippen LogP contribution in [0.15, 0.2) is 0 Å². The maximum Gasteiger partial charge on any atom is 0.508 e. The fraction of sp³-hybridized carbons (Fsp3) is 0.889. The van der Waals surface area contributed by atoms with Crippen molar-refractivity contribution in [2.75, 3.05) is 13.2 Å². The van der Waals surface area contributed by atoms with Crippen LogP contribution >= 0.6 is 0 Å². The Morgan fingerprint density at radius 2 is 2.17 bits per heavy atom. The lowest BCUT2D eigenvalue weighted by atomic mass is 9.83. The normalized spacial score (nSPS) is 16.8. The molecule has 0 radical (unpaired) electrons. The van der Waals surface area contributed by atoms with Crippen molar-refractivity contribution in [3.8, 4) is 0 Å². The average Bonchev–Trinajstić information content (AvgIpc) is 1.95. The minimum atomic E-state index is -0.531. The van der Waals surface area contributed by atoms with Crippen LogP contribution in [0.4, 0.5) is 4.79 Å². The zero-order valence-electron chi connectivity index (χ0n) is 7.54. The summed E-state index contributed by atoms with van der Waals surface area (Å²) in [5.74, 6) is 0.791. The molecular weight excluding hydrogens is 156 g/mol. The number of rotatable bonds is 4. The minimum Gasteiger partial charge on any atom is -0.435 e.